The lowest BCUT2D eigenvalue weighted by atomic mass is 10.2. The average molecular weight is 426 g/mol. The van der Waals surface area contributed by atoms with Crippen LogP contribution in [0, 0.1) is 11.3 Å². The Morgan fingerprint density at radius 3 is 2.55 bits per heavy atom. The fraction of sp³-hybridized carbons (Fsp3) is 0.286. The smallest absolute Gasteiger partial charge is 0.161 e. The summed E-state index contributed by atoms with van der Waals surface area (Å²) in [6.45, 7) is 4.38. The molecule has 1 aromatic carbocycles. The van der Waals surface area contributed by atoms with Crippen molar-refractivity contribution in [1.29, 1.82) is 5.26 Å². The Labute approximate surface area is 179 Å². The van der Waals surface area contributed by atoms with Crippen molar-refractivity contribution in [2.24, 2.45) is 0 Å². The molecule has 0 radical (unpaired) electrons. The van der Waals surface area contributed by atoms with Crippen molar-refractivity contribution >= 4 is 28.8 Å². The number of hydrogen-bond donors (Lipinski definition) is 0. The van der Waals surface area contributed by atoms with Gasteiger partial charge in [0.05, 0.1) is 17.8 Å². The van der Waals surface area contributed by atoms with Gasteiger partial charge in [-0.3, -0.25) is 4.90 Å². The molecule has 29 heavy (non-hydrogen) atoms. The number of benzene rings is 1. The molecule has 3 aromatic rings. The van der Waals surface area contributed by atoms with Crippen molar-refractivity contribution in [1.82, 2.24) is 14.9 Å². The topological polar surface area (TPSA) is 65.3 Å². The monoisotopic (exact) mass is 425 g/mol. The van der Waals surface area contributed by atoms with Gasteiger partial charge in [-0.15, -0.1) is 11.3 Å². The van der Waals surface area contributed by atoms with Crippen molar-refractivity contribution in [3.05, 3.63) is 58.2 Å². The first-order valence-corrected chi connectivity index (χ1v) is 10.5. The molecule has 0 amide bonds. The van der Waals surface area contributed by atoms with E-state index in [-0.39, 0.29) is 5.69 Å². The number of thiazole rings is 1. The van der Waals surface area contributed by atoms with Crippen LogP contribution in [0.5, 0.6) is 5.75 Å². The van der Waals surface area contributed by atoms with E-state index in [0.29, 0.717) is 5.02 Å². The van der Waals surface area contributed by atoms with Gasteiger partial charge < -0.3 is 9.64 Å². The highest BCUT2D eigenvalue weighted by atomic mass is 35.5. The molecule has 0 saturated carbocycles. The van der Waals surface area contributed by atoms with Crippen LogP contribution in [0.3, 0.4) is 0 Å². The van der Waals surface area contributed by atoms with E-state index in [0.717, 1.165) is 60.6 Å². The van der Waals surface area contributed by atoms with E-state index >= 15 is 0 Å². The van der Waals surface area contributed by atoms with Gasteiger partial charge in [-0.05, 0) is 36.4 Å². The molecule has 148 valence electrons. The number of aromatic nitrogens is 2. The van der Waals surface area contributed by atoms with Crippen LogP contribution < -0.4 is 9.64 Å². The molecule has 4 rings (SSSR count). The van der Waals surface area contributed by atoms with E-state index in [1.165, 1.54) is 0 Å². The van der Waals surface area contributed by atoms with Crippen molar-refractivity contribution < 1.29 is 4.74 Å². The third-order valence-electron chi connectivity index (χ3n) is 4.91. The van der Waals surface area contributed by atoms with Gasteiger partial charge in [0.1, 0.15) is 22.6 Å². The lowest BCUT2D eigenvalue weighted by molar-refractivity contribution is 0.247. The molecule has 0 N–H and O–H groups in total. The third-order valence-corrected chi connectivity index (χ3v) is 6.15. The molecule has 0 atom stereocenters. The Morgan fingerprint density at radius 1 is 1.10 bits per heavy atom. The summed E-state index contributed by atoms with van der Waals surface area (Å²) in [6, 6.07) is 13.6. The maximum atomic E-state index is 9.12. The highest BCUT2D eigenvalue weighted by Crippen LogP contribution is 2.26. The van der Waals surface area contributed by atoms with E-state index in [1.807, 2.05) is 36.4 Å². The predicted octanol–water partition coefficient (Wildman–Crippen LogP) is 4.06. The summed E-state index contributed by atoms with van der Waals surface area (Å²) < 4.78 is 5.22. The first-order chi connectivity index (χ1) is 14.2. The standard InChI is InChI=1S/C21H20ClN5OS/c1-28-17-4-2-15(3-5-17)21-24-16(14-29-21)13-26-8-10-27(11-9-26)20-7-6-18(22)19(12-23)25-20/h2-7,14H,8-11,13H2,1H3. The SMILES string of the molecule is COc1ccc(-c2nc(CN3CCN(c4ccc(Cl)c(C#N)n4)CC3)cs2)cc1. The second-order valence-electron chi connectivity index (χ2n) is 6.75. The summed E-state index contributed by atoms with van der Waals surface area (Å²) in [6.07, 6.45) is 0. The molecule has 0 bridgehead atoms. The number of methoxy groups -OCH3 is 1. The number of rotatable bonds is 5. The lowest BCUT2D eigenvalue weighted by Crippen LogP contribution is -2.46. The quantitative estimate of drug-likeness (QED) is 0.614. The van der Waals surface area contributed by atoms with Crippen LogP contribution in [0.4, 0.5) is 5.82 Å². The number of nitriles is 1. The number of halogens is 1. The first kappa shape index (κ1) is 19.6. The molecule has 3 heterocycles. The average Bonchev–Trinajstić information content (AvgIpc) is 3.23. The molecule has 1 aliphatic rings. The minimum Gasteiger partial charge on any atom is -0.497 e. The van der Waals surface area contributed by atoms with Crippen molar-refractivity contribution in [2.75, 3.05) is 38.2 Å². The van der Waals surface area contributed by atoms with Crippen LogP contribution in [-0.2, 0) is 6.54 Å². The molecule has 1 saturated heterocycles. The Hall–Kier alpha value is -2.66. The van der Waals surface area contributed by atoms with Gasteiger partial charge in [0, 0.05) is 43.7 Å². The van der Waals surface area contributed by atoms with Crippen LogP contribution in [0.25, 0.3) is 10.6 Å². The van der Waals surface area contributed by atoms with E-state index in [4.69, 9.17) is 26.6 Å². The number of piperazine rings is 1. The summed E-state index contributed by atoms with van der Waals surface area (Å²) in [5.41, 5.74) is 2.47. The highest BCUT2D eigenvalue weighted by Gasteiger charge is 2.20. The Bertz CT molecular complexity index is 1020. The molecular weight excluding hydrogens is 406 g/mol. The molecule has 1 aliphatic heterocycles. The number of hydrogen-bond acceptors (Lipinski definition) is 7. The molecule has 1 fully saturated rings. The van der Waals surface area contributed by atoms with Crippen molar-refractivity contribution in [2.45, 2.75) is 6.54 Å². The Morgan fingerprint density at radius 2 is 1.86 bits per heavy atom. The molecular formula is C21H20ClN5OS. The Balaban J connectivity index is 1.35. The maximum Gasteiger partial charge on any atom is 0.161 e. The van der Waals surface area contributed by atoms with Gasteiger partial charge in [-0.2, -0.15) is 5.26 Å². The summed E-state index contributed by atoms with van der Waals surface area (Å²) in [7, 11) is 1.67. The predicted molar refractivity (Wildman–Crippen MR) is 116 cm³/mol. The summed E-state index contributed by atoms with van der Waals surface area (Å²) in [5, 5.41) is 12.7. The molecule has 8 heteroatoms. The van der Waals surface area contributed by atoms with Gasteiger partial charge >= 0.3 is 0 Å². The van der Waals surface area contributed by atoms with Crippen molar-refractivity contribution in [3.63, 3.8) is 0 Å². The molecule has 0 spiro atoms. The van der Waals surface area contributed by atoms with E-state index in [2.05, 4.69) is 20.2 Å². The number of ether oxygens (including phenoxy) is 1. The van der Waals surface area contributed by atoms with Crippen LogP contribution in [0.15, 0.2) is 41.8 Å². The summed E-state index contributed by atoms with van der Waals surface area (Å²) >= 11 is 7.65. The molecule has 2 aromatic heterocycles. The molecule has 0 aliphatic carbocycles. The van der Waals surface area contributed by atoms with Gasteiger partial charge in [-0.25, -0.2) is 9.97 Å². The summed E-state index contributed by atoms with van der Waals surface area (Å²) in [4.78, 5) is 13.8. The zero-order chi connectivity index (χ0) is 20.2. The minimum absolute atomic E-state index is 0.278. The van der Waals surface area contributed by atoms with E-state index in [1.54, 1.807) is 24.5 Å². The van der Waals surface area contributed by atoms with Crippen molar-refractivity contribution in [3.8, 4) is 22.4 Å². The van der Waals surface area contributed by atoms with Gasteiger partial charge in [0.2, 0.25) is 0 Å². The van der Waals surface area contributed by atoms with Crippen LogP contribution in [0.2, 0.25) is 5.02 Å². The van der Waals surface area contributed by atoms with Gasteiger partial charge in [0.15, 0.2) is 5.69 Å². The highest BCUT2D eigenvalue weighted by molar-refractivity contribution is 7.13. The second-order valence-corrected chi connectivity index (χ2v) is 8.01. The molecule has 0 unspecified atom stereocenters. The zero-order valence-corrected chi connectivity index (χ0v) is 17.6. The third kappa shape index (κ3) is 4.51. The number of nitrogens with zero attached hydrogens (tertiary/aromatic N) is 5. The minimum atomic E-state index is 0.278. The fourth-order valence-electron chi connectivity index (χ4n) is 3.30. The fourth-order valence-corrected chi connectivity index (χ4v) is 4.26. The van der Waals surface area contributed by atoms with Gasteiger partial charge in [-0.1, -0.05) is 11.6 Å². The van der Waals surface area contributed by atoms with E-state index < -0.39 is 0 Å². The largest absolute Gasteiger partial charge is 0.497 e. The van der Waals surface area contributed by atoms with Crippen LogP contribution in [-0.4, -0.2) is 48.2 Å². The Kier molecular flexibility index (Phi) is 5.95. The number of pyridine rings is 1. The lowest BCUT2D eigenvalue weighted by Gasteiger charge is -2.35. The number of anilines is 1. The first-order valence-electron chi connectivity index (χ1n) is 9.29. The van der Waals surface area contributed by atoms with Gasteiger partial charge in [0.25, 0.3) is 0 Å². The second kappa shape index (κ2) is 8.78. The molecule has 6 nitrogen and oxygen atoms in total. The summed E-state index contributed by atoms with van der Waals surface area (Å²) in [5.74, 6) is 1.65. The zero-order valence-electron chi connectivity index (χ0n) is 16.0. The maximum absolute atomic E-state index is 9.12. The normalized spacial score (nSPS) is 14.6. The van der Waals surface area contributed by atoms with Crippen LogP contribution in [0.1, 0.15) is 11.4 Å². The van der Waals surface area contributed by atoms with E-state index in [9.17, 15) is 0 Å². The van der Waals surface area contributed by atoms with Crippen LogP contribution >= 0.6 is 22.9 Å².